The summed E-state index contributed by atoms with van der Waals surface area (Å²) in [5.41, 5.74) is 1.15. The molecule has 0 spiro atoms. The Hall–Kier alpha value is -1.47. The van der Waals surface area contributed by atoms with Gasteiger partial charge in [0.2, 0.25) is 0 Å². The van der Waals surface area contributed by atoms with E-state index in [1.54, 1.807) is 0 Å². The molecule has 6 nitrogen and oxygen atoms in total. The predicted octanol–water partition coefficient (Wildman–Crippen LogP) is 2.96. The van der Waals surface area contributed by atoms with Crippen LogP contribution in [0.4, 0.5) is 0 Å². The molecule has 1 N–H and O–H groups in total. The zero-order valence-electron chi connectivity index (χ0n) is 13.5. The molecule has 24 heavy (non-hydrogen) atoms. The first-order valence-corrected chi connectivity index (χ1v) is 8.64. The van der Waals surface area contributed by atoms with E-state index in [-0.39, 0.29) is 12.7 Å². The van der Waals surface area contributed by atoms with Crippen LogP contribution < -0.4 is 0 Å². The second-order valence-electron chi connectivity index (χ2n) is 5.96. The van der Waals surface area contributed by atoms with Crippen molar-refractivity contribution in [3.05, 3.63) is 46.6 Å². The van der Waals surface area contributed by atoms with E-state index >= 15 is 0 Å². The molecule has 2 aromatic rings. The third kappa shape index (κ3) is 4.77. The van der Waals surface area contributed by atoms with Crippen molar-refractivity contribution >= 4 is 11.6 Å². The molecule has 1 fully saturated rings. The van der Waals surface area contributed by atoms with Crippen molar-refractivity contribution in [3.8, 4) is 0 Å². The SMILES string of the molecule is OCCCN(Cc1ccc(Cl)cc1)Cc1noc([C@H]2CCCO2)n1. The number of aliphatic hydroxyl groups is 1. The Morgan fingerprint density at radius 2 is 2.08 bits per heavy atom. The van der Waals surface area contributed by atoms with E-state index in [0.29, 0.717) is 24.7 Å². The quantitative estimate of drug-likeness (QED) is 0.788. The van der Waals surface area contributed by atoms with E-state index in [2.05, 4.69) is 15.0 Å². The molecule has 1 aliphatic rings. The van der Waals surface area contributed by atoms with Gasteiger partial charge < -0.3 is 14.4 Å². The molecule has 0 aliphatic carbocycles. The molecule has 3 rings (SSSR count). The molecule has 130 valence electrons. The molecule has 1 atom stereocenters. The summed E-state index contributed by atoms with van der Waals surface area (Å²) in [6.45, 7) is 2.97. The maximum absolute atomic E-state index is 9.12. The largest absolute Gasteiger partial charge is 0.396 e. The number of aromatic nitrogens is 2. The lowest BCUT2D eigenvalue weighted by Gasteiger charge is -2.20. The Morgan fingerprint density at radius 1 is 1.25 bits per heavy atom. The second kappa shape index (κ2) is 8.58. The number of ether oxygens (including phenoxy) is 1. The summed E-state index contributed by atoms with van der Waals surface area (Å²) in [7, 11) is 0. The van der Waals surface area contributed by atoms with Crippen molar-refractivity contribution in [2.45, 2.75) is 38.5 Å². The summed E-state index contributed by atoms with van der Waals surface area (Å²) in [5, 5.41) is 13.9. The number of halogens is 1. The number of nitrogens with zero attached hydrogens (tertiary/aromatic N) is 3. The van der Waals surface area contributed by atoms with Gasteiger partial charge in [-0.15, -0.1) is 0 Å². The highest BCUT2D eigenvalue weighted by atomic mass is 35.5. The second-order valence-corrected chi connectivity index (χ2v) is 6.40. The van der Waals surface area contributed by atoms with E-state index in [1.165, 1.54) is 0 Å². The van der Waals surface area contributed by atoms with Crippen molar-refractivity contribution in [1.29, 1.82) is 0 Å². The van der Waals surface area contributed by atoms with Crippen LogP contribution in [0.5, 0.6) is 0 Å². The van der Waals surface area contributed by atoms with Crippen LogP contribution in [0.3, 0.4) is 0 Å². The van der Waals surface area contributed by atoms with Crippen LogP contribution in [0.25, 0.3) is 0 Å². The van der Waals surface area contributed by atoms with Gasteiger partial charge in [-0.25, -0.2) is 0 Å². The minimum Gasteiger partial charge on any atom is -0.396 e. The van der Waals surface area contributed by atoms with Gasteiger partial charge in [-0.3, -0.25) is 4.90 Å². The lowest BCUT2D eigenvalue weighted by atomic mass is 10.2. The molecule has 1 aromatic heterocycles. The predicted molar refractivity (Wildman–Crippen MR) is 89.5 cm³/mol. The average molecular weight is 352 g/mol. The third-order valence-corrected chi connectivity index (χ3v) is 4.26. The van der Waals surface area contributed by atoms with Gasteiger partial charge in [0.15, 0.2) is 5.82 Å². The lowest BCUT2D eigenvalue weighted by molar-refractivity contribution is 0.0835. The molecule has 0 amide bonds. The summed E-state index contributed by atoms with van der Waals surface area (Å²) in [6.07, 6.45) is 2.60. The summed E-state index contributed by atoms with van der Waals surface area (Å²) in [4.78, 5) is 6.65. The van der Waals surface area contributed by atoms with Gasteiger partial charge in [-0.2, -0.15) is 4.98 Å². The van der Waals surface area contributed by atoms with Crippen molar-refractivity contribution in [2.24, 2.45) is 0 Å². The highest BCUT2D eigenvalue weighted by Gasteiger charge is 2.24. The van der Waals surface area contributed by atoms with Gasteiger partial charge in [-0.05, 0) is 37.0 Å². The summed E-state index contributed by atoms with van der Waals surface area (Å²) < 4.78 is 10.9. The van der Waals surface area contributed by atoms with Crippen molar-refractivity contribution < 1.29 is 14.4 Å². The Balaban J connectivity index is 1.63. The van der Waals surface area contributed by atoms with E-state index in [9.17, 15) is 0 Å². The van der Waals surface area contributed by atoms with Crippen LogP contribution in [-0.2, 0) is 17.8 Å². The third-order valence-electron chi connectivity index (χ3n) is 4.01. The number of hydrogen-bond donors (Lipinski definition) is 1. The molecule has 7 heteroatoms. The Labute approximate surface area is 146 Å². The highest BCUT2D eigenvalue weighted by molar-refractivity contribution is 6.30. The normalized spacial score (nSPS) is 17.7. The first kappa shape index (κ1) is 17.4. The maximum Gasteiger partial charge on any atom is 0.255 e. The number of hydrogen-bond acceptors (Lipinski definition) is 6. The topological polar surface area (TPSA) is 71.6 Å². The first-order valence-electron chi connectivity index (χ1n) is 8.26. The molecular weight excluding hydrogens is 330 g/mol. The molecule has 2 heterocycles. The van der Waals surface area contributed by atoms with Crippen molar-refractivity contribution in [2.75, 3.05) is 19.8 Å². The minimum absolute atomic E-state index is 0.0617. The number of aliphatic hydroxyl groups excluding tert-OH is 1. The number of benzene rings is 1. The zero-order valence-corrected chi connectivity index (χ0v) is 14.3. The van der Waals surface area contributed by atoms with E-state index in [4.69, 9.17) is 26.0 Å². The fraction of sp³-hybridized carbons (Fsp3) is 0.529. The Morgan fingerprint density at radius 3 is 2.79 bits per heavy atom. The smallest absolute Gasteiger partial charge is 0.255 e. The van der Waals surface area contributed by atoms with Gasteiger partial charge in [0.25, 0.3) is 5.89 Å². The number of rotatable bonds is 8. The van der Waals surface area contributed by atoms with Crippen LogP contribution in [0.2, 0.25) is 5.02 Å². The summed E-state index contributed by atoms with van der Waals surface area (Å²) >= 11 is 5.94. The molecule has 0 bridgehead atoms. The van der Waals surface area contributed by atoms with Crippen LogP contribution in [0.15, 0.2) is 28.8 Å². The van der Waals surface area contributed by atoms with Crippen LogP contribution in [0.1, 0.15) is 42.6 Å². The van der Waals surface area contributed by atoms with Crippen LogP contribution in [0, 0.1) is 0 Å². The van der Waals surface area contributed by atoms with Crippen molar-refractivity contribution in [1.82, 2.24) is 15.0 Å². The van der Waals surface area contributed by atoms with E-state index in [0.717, 1.165) is 43.1 Å². The minimum atomic E-state index is -0.0617. The van der Waals surface area contributed by atoms with Gasteiger partial charge in [-0.1, -0.05) is 28.9 Å². The highest BCUT2D eigenvalue weighted by Crippen LogP contribution is 2.27. The van der Waals surface area contributed by atoms with Gasteiger partial charge in [0.05, 0.1) is 6.54 Å². The van der Waals surface area contributed by atoms with Gasteiger partial charge >= 0.3 is 0 Å². The van der Waals surface area contributed by atoms with Gasteiger partial charge in [0.1, 0.15) is 6.10 Å². The fourth-order valence-corrected chi connectivity index (χ4v) is 2.92. The van der Waals surface area contributed by atoms with Crippen LogP contribution >= 0.6 is 11.6 Å². The van der Waals surface area contributed by atoms with Crippen molar-refractivity contribution in [3.63, 3.8) is 0 Å². The Kier molecular flexibility index (Phi) is 6.20. The Bertz CT molecular complexity index is 626. The molecule has 0 saturated carbocycles. The monoisotopic (exact) mass is 351 g/mol. The van der Waals surface area contributed by atoms with Crippen LogP contribution in [-0.4, -0.2) is 39.9 Å². The summed E-state index contributed by atoms with van der Waals surface area (Å²) in [6, 6.07) is 7.76. The standard InChI is InChI=1S/C17H22ClN3O3/c18-14-6-4-13(5-7-14)11-21(8-2-9-22)12-16-19-17(24-20-16)15-3-1-10-23-15/h4-7,15,22H,1-3,8-12H2/t15-/m1/s1. The first-order chi connectivity index (χ1) is 11.7. The molecule has 1 saturated heterocycles. The van der Waals surface area contributed by atoms with E-state index < -0.39 is 0 Å². The average Bonchev–Trinajstić information content (AvgIpc) is 3.26. The molecule has 1 aromatic carbocycles. The van der Waals surface area contributed by atoms with Gasteiger partial charge in [0, 0.05) is 31.3 Å². The molecular formula is C17H22ClN3O3. The zero-order chi connectivity index (χ0) is 16.8. The molecule has 1 aliphatic heterocycles. The molecule has 0 unspecified atom stereocenters. The molecule has 0 radical (unpaired) electrons. The van der Waals surface area contributed by atoms with E-state index in [1.807, 2.05) is 24.3 Å². The maximum atomic E-state index is 9.12. The lowest BCUT2D eigenvalue weighted by Crippen LogP contribution is -2.25. The summed E-state index contributed by atoms with van der Waals surface area (Å²) in [5.74, 6) is 1.21. The fourth-order valence-electron chi connectivity index (χ4n) is 2.79.